The number of hydrogen-bond donors (Lipinski definition) is 2. The molecule has 0 amide bonds. The second-order valence-electron chi connectivity index (χ2n) is 7.07. The van der Waals surface area contributed by atoms with E-state index in [1.165, 1.54) is 29.7 Å². The van der Waals surface area contributed by atoms with E-state index in [-0.39, 0.29) is 6.47 Å². The SMILES string of the molecule is CN(C)c1nc2c(c(N3Cc4ccccc4C(O)C3)n1)CCCC2.O=CO. The summed E-state index contributed by atoms with van der Waals surface area (Å²) in [6, 6.07) is 8.16. The van der Waals surface area contributed by atoms with Crippen LogP contribution in [-0.4, -0.2) is 47.3 Å². The fraction of sp³-hybridized carbons (Fsp3) is 0.450. The highest BCUT2D eigenvalue weighted by atomic mass is 16.3. The largest absolute Gasteiger partial charge is 0.483 e. The molecule has 1 atom stereocenters. The summed E-state index contributed by atoms with van der Waals surface area (Å²) in [7, 11) is 3.96. The Morgan fingerprint density at radius 2 is 1.89 bits per heavy atom. The molecule has 2 N–H and O–H groups in total. The second-order valence-corrected chi connectivity index (χ2v) is 7.07. The normalized spacial score (nSPS) is 17.9. The molecule has 4 rings (SSSR count). The molecule has 27 heavy (non-hydrogen) atoms. The number of carbonyl (C=O) groups is 1. The van der Waals surface area contributed by atoms with Crippen LogP contribution in [0.25, 0.3) is 0 Å². The van der Waals surface area contributed by atoms with E-state index in [9.17, 15) is 5.11 Å². The van der Waals surface area contributed by atoms with Gasteiger partial charge in [0, 0.05) is 32.7 Å². The molecule has 1 unspecified atom stereocenters. The van der Waals surface area contributed by atoms with E-state index in [2.05, 4.69) is 11.0 Å². The lowest BCUT2D eigenvalue weighted by Crippen LogP contribution is -2.35. The summed E-state index contributed by atoms with van der Waals surface area (Å²) < 4.78 is 0. The second kappa shape index (κ2) is 8.35. The Balaban J connectivity index is 0.000000659. The van der Waals surface area contributed by atoms with E-state index < -0.39 is 6.10 Å². The average Bonchev–Trinajstić information content (AvgIpc) is 2.67. The first kappa shape index (κ1) is 19.1. The monoisotopic (exact) mass is 370 g/mol. The predicted octanol–water partition coefficient (Wildman–Crippen LogP) is 2.18. The number of nitrogens with zero attached hydrogens (tertiary/aromatic N) is 4. The number of aromatic nitrogens is 2. The maximum absolute atomic E-state index is 10.6. The van der Waals surface area contributed by atoms with Gasteiger partial charge in [0.1, 0.15) is 5.82 Å². The van der Waals surface area contributed by atoms with Crippen molar-refractivity contribution in [1.82, 2.24) is 9.97 Å². The maximum Gasteiger partial charge on any atom is 0.290 e. The Labute approximate surface area is 159 Å². The molecule has 0 saturated carbocycles. The summed E-state index contributed by atoms with van der Waals surface area (Å²) in [6.45, 7) is 1.14. The summed E-state index contributed by atoms with van der Waals surface area (Å²) in [5, 5.41) is 17.5. The molecular formula is C20H26N4O3. The quantitative estimate of drug-likeness (QED) is 0.783. The Morgan fingerprint density at radius 1 is 1.19 bits per heavy atom. The van der Waals surface area contributed by atoms with Crippen molar-refractivity contribution >= 4 is 18.2 Å². The van der Waals surface area contributed by atoms with Gasteiger partial charge < -0.3 is 20.0 Å². The third kappa shape index (κ3) is 4.03. The standard InChI is InChI=1S/C19H24N4O.CH2O2/c1-22(2)19-20-16-10-6-5-9-15(16)18(21-19)23-11-13-7-3-4-8-14(13)17(24)12-23;2-1-3/h3-4,7-8,17,24H,5-6,9-12H2,1-2H3;1H,(H,2,3). The topological polar surface area (TPSA) is 89.8 Å². The van der Waals surface area contributed by atoms with Crippen LogP contribution >= 0.6 is 0 Å². The number of hydrogen-bond acceptors (Lipinski definition) is 6. The highest BCUT2D eigenvalue weighted by molar-refractivity contribution is 5.56. The van der Waals surface area contributed by atoms with Crippen LogP contribution in [0.1, 0.15) is 41.3 Å². The number of anilines is 2. The van der Waals surface area contributed by atoms with Crippen LogP contribution in [0.4, 0.5) is 11.8 Å². The number of β-amino-alcohol motifs (C(OH)–C–C–N with tert-alkyl or cyclic N) is 1. The molecule has 7 nitrogen and oxygen atoms in total. The fourth-order valence-corrected chi connectivity index (χ4v) is 3.77. The van der Waals surface area contributed by atoms with Gasteiger partial charge in [-0.1, -0.05) is 24.3 Å². The highest BCUT2D eigenvalue weighted by Crippen LogP contribution is 2.34. The fourth-order valence-electron chi connectivity index (χ4n) is 3.77. The minimum absolute atomic E-state index is 0.250. The molecule has 1 aliphatic carbocycles. The van der Waals surface area contributed by atoms with E-state index in [1.54, 1.807) is 0 Å². The van der Waals surface area contributed by atoms with Gasteiger partial charge in [0.25, 0.3) is 6.47 Å². The van der Waals surface area contributed by atoms with Crippen LogP contribution < -0.4 is 9.80 Å². The zero-order valence-electron chi connectivity index (χ0n) is 15.8. The molecule has 2 aliphatic rings. The number of benzene rings is 1. The van der Waals surface area contributed by atoms with E-state index in [4.69, 9.17) is 19.9 Å². The Bertz CT molecular complexity index is 810. The minimum atomic E-state index is -0.466. The molecule has 1 aromatic carbocycles. The number of carboxylic acid groups (broad SMARTS) is 1. The van der Waals surface area contributed by atoms with Crippen LogP contribution in [0.15, 0.2) is 24.3 Å². The zero-order valence-corrected chi connectivity index (χ0v) is 15.8. The van der Waals surface area contributed by atoms with Gasteiger partial charge in [-0.2, -0.15) is 4.98 Å². The molecule has 0 saturated heterocycles. The van der Waals surface area contributed by atoms with Gasteiger partial charge in [-0.3, -0.25) is 4.79 Å². The molecule has 0 fully saturated rings. The highest BCUT2D eigenvalue weighted by Gasteiger charge is 2.28. The number of aliphatic hydroxyl groups excluding tert-OH is 1. The Kier molecular flexibility index (Phi) is 5.91. The number of rotatable bonds is 2. The van der Waals surface area contributed by atoms with E-state index in [0.29, 0.717) is 6.54 Å². The van der Waals surface area contributed by atoms with Crippen molar-refractivity contribution in [1.29, 1.82) is 0 Å². The molecule has 0 bridgehead atoms. The summed E-state index contributed by atoms with van der Waals surface area (Å²) >= 11 is 0. The van der Waals surface area contributed by atoms with Gasteiger partial charge in [-0.05, 0) is 36.8 Å². The lowest BCUT2D eigenvalue weighted by atomic mass is 9.94. The van der Waals surface area contributed by atoms with Crippen molar-refractivity contribution in [2.75, 3.05) is 30.4 Å². The minimum Gasteiger partial charge on any atom is -0.483 e. The lowest BCUT2D eigenvalue weighted by Gasteiger charge is -2.35. The van der Waals surface area contributed by atoms with Crippen LogP contribution in [0.3, 0.4) is 0 Å². The number of fused-ring (bicyclic) bond motifs is 2. The van der Waals surface area contributed by atoms with Crippen molar-refractivity contribution < 1.29 is 15.0 Å². The van der Waals surface area contributed by atoms with Gasteiger partial charge in [-0.15, -0.1) is 0 Å². The average molecular weight is 370 g/mol. The molecule has 0 radical (unpaired) electrons. The third-order valence-corrected chi connectivity index (χ3v) is 5.02. The summed E-state index contributed by atoms with van der Waals surface area (Å²) in [4.78, 5) is 22.2. The third-order valence-electron chi connectivity index (χ3n) is 5.02. The molecule has 1 aromatic heterocycles. The first-order valence-electron chi connectivity index (χ1n) is 9.21. The van der Waals surface area contributed by atoms with Gasteiger partial charge in [-0.25, -0.2) is 4.98 Å². The van der Waals surface area contributed by atoms with Crippen molar-refractivity contribution in [3.05, 3.63) is 46.6 Å². The van der Waals surface area contributed by atoms with Crippen molar-refractivity contribution in [2.45, 2.75) is 38.3 Å². The molecular weight excluding hydrogens is 344 g/mol. The first-order chi connectivity index (χ1) is 13.0. The molecule has 2 aromatic rings. The van der Waals surface area contributed by atoms with Crippen LogP contribution in [-0.2, 0) is 24.2 Å². The molecule has 2 heterocycles. The lowest BCUT2D eigenvalue weighted by molar-refractivity contribution is -0.122. The maximum atomic E-state index is 10.6. The molecule has 0 spiro atoms. The Morgan fingerprint density at radius 3 is 2.63 bits per heavy atom. The molecule has 1 aliphatic heterocycles. The predicted molar refractivity (Wildman–Crippen MR) is 104 cm³/mol. The van der Waals surface area contributed by atoms with E-state index in [0.717, 1.165) is 36.7 Å². The Hall–Kier alpha value is -2.67. The van der Waals surface area contributed by atoms with Gasteiger partial charge >= 0.3 is 0 Å². The smallest absolute Gasteiger partial charge is 0.290 e. The van der Waals surface area contributed by atoms with E-state index >= 15 is 0 Å². The number of aryl methyl sites for hydroxylation is 1. The van der Waals surface area contributed by atoms with Crippen molar-refractivity contribution in [3.63, 3.8) is 0 Å². The number of aliphatic hydroxyl groups is 1. The van der Waals surface area contributed by atoms with E-state index in [1.807, 2.05) is 37.2 Å². The van der Waals surface area contributed by atoms with Gasteiger partial charge in [0.05, 0.1) is 11.8 Å². The summed E-state index contributed by atoms with van der Waals surface area (Å²) in [5.41, 5.74) is 4.69. The van der Waals surface area contributed by atoms with Crippen LogP contribution in [0.2, 0.25) is 0 Å². The molecule has 144 valence electrons. The molecule has 7 heteroatoms. The van der Waals surface area contributed by atoms with Crippen molar-refractivity contribution in [3.8, 4) is 0 Å². The summed E-state index contributed by atoms with van der Waals surface area (Å²) in [5.74, 6) is 1.77. The summed E-state index contributed by atoms with van der Waals surface area (Å²) in [6.07, 6.45) is 3.98. The van der Waals surface area contributed by atoms with Gasteiger partial charge in [0.15, 0.2) is 0 Å². The van der Waals surface area contributed by atoms with Crippen LogP contribution in [0.5, 0.6) is 0 Å². The first-order valence-corrected chi connectivity index (χ1v) is 9.21. The van der Waals surface area contributed by atoms with Crippen LogP contribution in [0, 0.1) is 0 Å². The van der Waals surface area contributed by atoms with Crippen molar-refractivity contribution in [2.24, 2.45) is 0 Å². The van der Waals surface area contributed by atoms with Gasteiger partial charge in [0.2, 0.25) is 5.95 Å². The zero-order chi connectivity index (χ0) is 19.4.